The molecule has 0 nitrogen and oxygen atoms in total. The first-order valence-electron chi connectivity index (χ1n) is 7.03. The van der Waals surface area contributed by atoms with Crippen LogP contribution in [0, 0.1) is 0 Å². The number of rotatable bonds is 3. The van der Waals surface area contributed by atoms with Gasteiger partial charge in [0.1, 0.15) is 0 Å². The first-order chi connectivity index (χ1) is 8.93. The predicted octanol–water partition coefficient (Wildman–Crippen LogP) is 4.55. The number of benzene rings is 2. The van der Waals surface area contributed by atoms with E-state index in [2.05, 4.69) is 87.2 Å². The molecule has 0 aliphatic carbocycles. The monoisotopic (exact) mass is 314 g/mol. The van der Waals surface area contributed by atoms with Gasteiger partial charge in [0.25, 0.3) is 0 Å². The summed E-state index contributed by atoms with van der Waals surface area (Å²) in [4.78, 5) is 0. The van der Waals surface area contributed by atoms with Crippen LogP contribution in [0.15, 0.2) is 60.7 Å². The fourth-order valence-corrected chi connectivity index (χ4v) is 10.1. The Bertz CT molecular complexity index is 510. The Hall–Kier alpha value is -1.02. The van der Waals surface area contributed by atoms with Crippen LogP contribution in [0.3, 0.4) is 0 Å². The molecule has 0 aliphatic heterocycles. The molecule has 100 valence electrons. The summed E-state index contributed by atoms with van der Waals surface area (Å²) in [7, 11) is 0. The first kappa shape index (κ1) is 14.4. The fourth-order valence-electron chi connectivity index (χ4n) is 2.61. The van der Waals surface area contributed by atoms with Crippen LogP contribution in [0.5, 0.6) is 0 Å². The van der Waals surface area contributed by atoms with Crippen molar-refractivity contribution < 1.29 is 0 Å². The van der Waals surface area contributed by atoms with Gasteiger partial charge in [-0.15, -0.1) is 0 Å². The maximum absolute atomic E-state index is 2.57. The van der Waals surface area contributed by atoms with Gasteiger partial charge in [-0.25, -0.2) is 0 Å². The van der Waals surface area contributed by atoms with E-state index in [4.69, 9.17) is 0 Å². The van der Waals surface area contributed by atoms with Gasteiger partial charge in [-0.1, -0.05) is 0 Å². The summed E-state index contributed by atoms with van der Waals surface area (Å²) < 4.78 is 2.01. The minimum absolute atomic E-state index is 0.400. The molecule has 2 aromatic rings. The second-order valence-corrected chi connectivity index (χ2v) is 17.3. The summed E-state index contributed by atoms with van der Waals surface area (Å²) in [6, 6.07) is 22.2. The molecule has 0 amide bonds. The topological polar surface area (TPSA) is 0 Å². The molecule has 0 radical (unpaired) electrons. The van der Waals surface area contributed by atoms with Crippen molar-refractivity contribution >= 4 is 17.7 Å². The molecule has 0 aromatic heterocycles. The molecule has 0 aliphatic rings. The Morgan fingerprint density at radius 3 is 1.74 bits per heavy atom. The van der Waals surface area contributed by atoms with Crippen molar-refractivity contribution in [2.24, 2.45) is 0 Å². The SMILES string of the molecule is C[C](C)(C)[Ge]([CH3])([CH2]c1ccccc1)[c]1ccccc1. The minimum atomic E-state index is -2.16. The van der Waals surface area contributed by atoms with Crippen LogP contribution in [0.25, 0.3) is 0 Å². The molecule has 0 bridgehead atoms. The van der Waals surface area contributed by atoms with E-state index in [0.717, 1.165) is 0 Å². The third kappa shape index (κ3) is 3.12. The summed E-state index contributed by atoms with van der Waals surface area (Å²) >= 11 is -2.16. The van der Waals surface area contributed by atoms with Crippen LogP contribution in [0.2, 0.25) is 10.0 Å². The maximum atomic E-state index is 2.57. The van der Waals surface area contributed by atoms with Crippen LogP contribution in [-0.4, -0.2) is 13.3 Å². The normalized spacial score (nSPS) is 14.9. The molecule has 0 saturated heterocycles. The van der Waals surface area contributed by atoms with Gasteiger partial charge in [0.05, 0.1) is 0 Å². The molecule has 0 heterocycles. The van der Waals surface area contributed by atoms with E-state index in [9.17, 15) is 0 Å². The molecule has 0 N–H and O–H groups in total. The molecule has 0 fully saturated rings. The molecular weight excluding hydrogens is 289 g/mol. The van der Waals surface area contributed by atoms with E-state index in [1.54, 1.807) is 4.40 Å². The summed E-state index contributed by atoms with van der Waals surface area (Å²) in [6.07, 6.45) is 0. The van der Waals surface area contributed by atoms with Gasteiger partial charge in [0, 0.05) is 0 Å². The summed E-state index contributed by atoms with van der Waals surface area (Å²) in [6.45, 7) is 7.26. The molecule has 1 heteroatoms. The average molecular weight is 313 g/mol. The van der Waals surface area contributed by atoms with Crippen LogP contribution < -0.4 is 4.40 Å². The van der Waals surface area contributed by atoms with E-state index in [0.29, 0.717) is 4.25 Å². The molecular formula is C18H24Ge. The van der Waals surface area contributed by atoms with Gasteiger partial charge in [-0.2, -0.15) is 0 Å². The Kier molecular flexibility index (Phi) is 4.20. The molecule has 1 unspecified atom stereocenters. The van der Waals surface area contributed by atoms with Gasteiger partial charge < -0.3 is 0 Å². The Morgan fingerprint density at radius 2 is 1.26 bits per heavy atom. The van der Waals surface area contributed by atoms with Gasteiger partial charge in [-0.05, 0) is 0 Å². The predicted molar refractivity (Wildman–Crippen MR) is 87.6 cm³/mol. The van der Waals surface area contributed by atoms with Crippen LogP contribution in [-0.2, 0) is 5.25 Å². The third-order valence-corrected chi connectivity index (χ3v) is 17.1. The molecule has 0 spiro atoms. The van der Waals surface area contributed by atoms with Gasteiger partial charge in [-0.3, -0.25) is 0 Å². The van der Waals surface area contributed by atoms with Gasteiger partial charge in [0.15, 0.2) is 0 Å². The average Bonchev–Trinajstić information content (AvgIpc) is 2.39. The van der Waals surface area contributed by atoms with E-state index in [1.165, 1.54) is 10.8 Å². The summed E-state index contributed by atoms with van der Waals surface area (Å²) in [5.74, 6) is 2.57. The Labute approximate surface area is 120 Å². The van der Waals surface area contributed by atoms with Crippen molar-refractivity contribution in [3.05, 3.63) is 66.2 Å². The standard InChI is InChI=1S/C18H24Ge/c1-18(2,3)19(4,17-13-9-6-10-14-17)15-16-11-7-5-8-12-16/h5-14H,15H2,1-4H3. The van der Waals surface area contributed by atoms with E-state index in [1.807, 2.05) is 0 Å². The summed E-state index contributed by atoms with van der Waals surface area (Å²) in [5.41, 5.74) is 1.49. The van der Waals surface area contributed by atoms with Crippen molar-refractivity contribution in [3.8, 4) is 0 Å². The number of hydrogen-bond donors (Lipinski definition) is 0. The second kappa shape index (κ2) is 5.54. The van der Waals surface area contributed by atoms with E-state index >= 15 is 0 Å². The fraction of sp³-hybridized carbons (Fsp3) is 0.333. The van der Waals surface area contributed by atoms with Crippen molar-refractivity contribution in [2.45, 2.75) is 36.0 Å². The van der Waals surface area contributed by atoms with Crippen molar-refractivity contribution in [2.75, 3.05) is 0 Å². The van der Waals surface area contributed by atoms with Crippen molar-refractivity contribution in [1.29, 1.82) is 0 Å². The Balaban J connectivity index is 2.42. The third-order valence-electron chi connectivity index (χ3n) is 4.47. The molecule has 2 aromatic carbocycles. The molecule has 0 saturated carbocycles. The van der Waals surface area contributed by atoms with Crippen LogP contribution >= 0.6 is 0 Å². The van der Waals surface area contributed by atoms with Crippen molar-refractivity contribution in [1.82, 2.24) is 0 Å². The van der Waals surface area contributed by atoms with E-state index < -0.39 is 13.3 Å². The van der Waals surface area contributed by atoms with Gasteiger partial charge >= 0.3 is 120 Å². The molecule has 19 heavy (non-hydrogen) atoms. The second-order valence-electron chi connectivity index (χ2n) is 6.61. The zero-order chi connectivity index (χ0) is 13.9. The zero-order valence-electron chi connectivity index (χ0n) is 12.5. The zero-order valence-corrected chi connectivity index (χ0v) is 14.6. The van der Waals surface area contributed by atoms with E-state index in [-0.39, 0.29) is 0 Å². The quantitative estimate of drug-likeness (QED) is 0.729. The first-order valence-corrected chi connectivity index (χ1v) is 12.7. The number of hydrogen-bond acceptors (Lipinski definition) is 0. The van der Waals surface area contributed by atoms with Crippen LogP contribution in [0.4, 0.5) is 0 Å². The van der Waals surface area contributed by atoms with Gasteiger partial charge in [0.2, 0.25) is 0 Å². The molecule has 2 rings (SSSR count). The Morgan fingerprint density at radius 1 is 0.789 bits per heavy atom. The molecule has 1 atom stereocenters. The van der Waals surface area contributed by atoms with Crippen molar-refractivity contribution in [3.63, 3.8) is 0 Å². The summed E-state index contributed by atoms with van der Waals surface area (Å²) in [5, 5.41) is 1.26. The van der Waals surface area contributed by atoms with Crippen LogP contribution in [0.1, 0.15) is 26.3 Å².